The van der Waals surface area contributed by atoms with Crippen molar-refractivity contribution in [3.63, 3.8) is 0 Å². The summed E-state index contributed by atoms with van der Waals surface area (Å²) in [5.74, 6) is 0.410. The van der Waals surface area contributed by atoms with Crippen molar-refractivity contribution in [3.8, 4) is 22.7 Å². The van der Waals surface area contributed by atoms with Crippen molar-refractivity contribution in [1.82, 2.24) is 9.78 Å². The van der Waals surface area contributed by atoms with Gasteiger partial charge in [0.25, 0.3) is 5.91 Å². The van der Waals surface area contributed by atoms with Gasteiger partial charge < -0.3 is 10.1 Å². The number of carbonyl (C=O) groups excluding carboxylic acids is 1. The zero-order chi connectivity index (χ0) is 21.1. The third-order valence-electron chi connectivity index (χ3n) is 4.51. The maximum Gasteiger partial charge on any atom is 0.256 e. The molecule has 7 heteroatoms. The maximum absolute atomic E-state index is 13.2. The Bertz CT molecular complexity index is 1170. The van der Waals surface area contributed by atoms with Crippen molar-refractivity contribution in [2.45, 2.75) is 0 Å². The summed E-state index contributed by atoms with van der Waals surface area (Å²) in [6.07, 6.45) is 0. The molecule has 1 heterocycles. The molecule has 0 aliphatic heterocycles. The molecule has 0 aliphatic rings. The lowest BCUT2D eigenvalue weighted by Crippen LogP contribution is -2.15. The molecule has 4 rings (SSSR count). The van der Waals surface area contributed by atoms with Gasteiger partial charge in [-0.25, -0.2) is 9.07 Å². The van der Waals surface area contributed by atoms with E-state index in [0.29, 0.717) is 27.8 Å². The second kappa shape index (κ2) is 8.39. The summed E-state index contributed by atoms with van der Waals surface area (Å²) in [6, 6.07) is 21.7. The molecule has 0 spiro atoms. The van der Waals surface area contributed by atoms with E-state index in [2.05, 4.69) is 10.4 Å². The highest BCUT2D eigenvalue weighted by atomic mass is 35.5. The molecule has 150 valence electrons. The predicted octanol–water partition coefficient (Wildman–Crippen LogP) is 5.59. The Labute approximate surface area is 177 Å². The van der Waals surface area contributed by atoms with Gasteiger partial charge in [-0.15, -0.1) is 0 Å². The zero-order valence-corrected chi connectivity index (χ0v) is 16.7. The Kier molecular flexibility index (Phi) is 5.50. The highest BCUT2D eigenvalue weighted by molar-refractivity contribution is 6.30. The number of hydrogen-bond donors (Lipinski definition) is 1. The van der Waals surface area contributed by atoms with Crippen LogP contribution in [0.15, 0.2) is 78.9 Å². The third kappa shape index (κ3) is 4.18. The Balaban J connectivity index is 1.73. The average Bonchev–Trinajstić information content (AvgIpc) is 3.18. The van der Waals surface area contributed by atoms with Gasteiger partial charge in [-0.2, -0.15) is 5.10 Å². The van der Waals surface area contributed by atoms with E-state index in [9.17, 15) is 9.18 Å². The van der Waals surface area contributed by atoms with Crippen LogP contribution in [0.25, 0.3) is 16.9 Å². The van der Waals surface area contributed by atoms with E-state index in [0.717, 1.165) is 11.3 Å². The van der Waals surface area contributed by atoms with Crippen molar-refractivity contribution in [2.24, 2.45) is 0 Å². The van der Waals surface area contributed by atoms with Crippen LogP contribution in [0.3, 0.4) is 0 Å². The van der Waals surface area contributed by atoms with Gasteiger partial charge in [-0.3, -0.25) is 4.79 Å². The van der Waals surface area contributed by atoms with E-state index in [1.807, 2.05) is 36.4 Å². The van der Waals surface area contributed by atoms with Crippen LogP contribution in [0.5, 0.6) is 5.75 Å². The van der Waals surface area contributed by atoms with Crippen LogP contribution in [0.1, 0.15) is 10.4 Å². The molecule has 0 bridgehead atoms. The number of nitrogens with one attached hydrogen (secondary N) is 1. The number of methoxy groups -OCH3 is 1. The van der Waals surface area contributed by atoms with Crippen molar-refractivity contribution in [3.05, 3.63) is 95.3 Å². The molecule has 0 radical (unpaired) electrons. The molecule has 0 atom stereocenters. The van der Waals surface area contributed by atoms with Gasteiger partial charge in [-0.05, 0) is 60.7 Å². The monoisotopic (exact) mass is 421 g/mol. The smallest absolute Gasteiger partial charge is 0.256 e. The first-order valence-corrected chi connectivity index (χ1v) is 9.48. The first kappa shape index (κ1) is 19.7. The number of nitrogens with zero attached hydrogens (tertiary/aromatic N) is 2. The average molecular weight is 422 g/mol. The molecule has 3 aromatic carbocycles. The quantitative estimate of drug-likeness (QED) is 0.456. The van der Waals surface area contributed by atoms with Crippen LogP contribution in [-0.2, 0) is 0 Å². The first-order chi connectivity index (χ1) is 14.5. The third-order valence-corrected chi connectivity index (χ3v) is 4.77. The van der Waals surface area contributed by atoms with Crippen LogP contribution >= 0.6 is 11.6 Å². The van der Waals surface area contributed by atoms with Crippen molar-refractivity contribution in [2.75, 3.05) is 12.4 Å². The molecule has 5 nitrogen and oxygen atoms in total. The van der Waals surface area contributed by atoms with Gasteiger partial charge in [0, 0.05) is 22.2 Å². The minimum absolute atomic E-state index is 0.340. The fourth-order valence-corrected chi connectivity index (χ4v) is 3.07. The van der Waals surface area contributed by atoms with Gasteiger partial charge in [-0.1, -0.05) is 23.7 Å². The van der Waals surface area contributed by atoms with Gasteiger partial charge in [0.1, 0.15) is 17.4 Å². The Morgan fingerprint density at radius 1 is 1.00 bits per heavy atom. The number of amides is 1. The zero-order valence-electron chi connectivity index (χ0n) is 16.0. The van der Waals surface area contributed by atoms with Gasteiger partial charge >= 0.3 is 0 Å². The number of hydrogen-bond acceptors (Lipinski definition) is 3. The Hall–Kier alpha value is -3.64. The van der Waals surface area contributed by atoms with E-state index in [1.54, 1.807) is 30.0 Å². The topological polar surface area (TPSA) is 56.1 Å². The van der Waals surface area contributed by atoms with Crippen molar-refractivity contribution >= 4 is 23.3 Å². The van der Waals surface area contributed by atoms with Crippen molar-refractivity contribution in [1.29, 1.82) is 0 Å². The molecular formula is C23H17ClFN3O2. The number of halogens is 2. The number of aromatic nitrogens is 2. The largest absolute Gasteiger partial charge is 0.497 e. The standard InChI is InChI=1S/C23H17ClFN3O2/c1-30-20-12-10-19(11-13-20)28-22(26-23(29)16-4-8-18(25)9-5-16)14-21(27-28)15-2-6-17(24)7-3-15/h2-14H,1H3,(H,26,29). The van der Waals surface area contributed by atoms with E-state index >= 15 is 0 Å². The second-order valence-electron chi connectivity index (χ2n) is 6.49. The normalized spacial score (nSPS) is 10.6. The van der Waals surface area contributed by atoms with Crippen molar-refractivity contribution < 1.29 is 13.9 Å². The highest BCUT2D eigenvalue weighted by Crippen LogP contribution is 2.27. The number of anilines is 1. The van der Waals surface area contributed by atoms with Crippen LogP contribution < -0.4 is 10.1 Å². The van der Waals surface area contributed by atoms with Gasteiger partial charge in [0.2, 0.25) is 0 Å². The van der Waals surface area contributed by atoms with E-state index < -0.39 is 5.82 Å². The summed E-state index contributed by atoms with van der Waals surface area (Å²) in [4.78, 5) is 12.7. The fourth-order valence-electron chi connectivity index (χ4n) is 2.94. The van der Waals surface area contributed by atoms with Crippen LogP contribution in [0, 0.1) is 5.82 Å². The van der Waals surface area contributed by atoms with Crippen LogP contribution in [0.2, 0.25) is 5.02 Å². The summed E-state index contributed by atoms with van der Waals surface area (Å²) in [7, 11) is 1.59. The predicted molar refractivity (Wildman–Crippen MR) is 115 cm³/mol. The molecule has 1 amide bonds. The molecule has 0 aliphatic carbocycles. The first-order valence-electron chi connectivity index (χ1n) is 9.11. The number of rotatable bonds is 5. The summed E-state index contributed by atoms with van der Waals surface area (Å²) < 4.78 is 20.0. The van der Waals surface area contributed by atoms with Crippen LogP contribution in [-0.4, -0.2) is 22.8 Å². The van der Waals surface area contributed by atoms with Gasteiger partial charge in [0.15, 0.2) is 0 Å². The molecule has 1 N–H and O–H groups in total. The second-order valence-corrected chi connectivity index (χ2v) is 6.93. The van der Waals surface area contributed by atoms with E-state index in [1.165, 1.54) is 24.3 Å². The van der Waals surface area contributed by atoms with E-state index in [4.69, 9.17) is 16.3 Å². The highest BCUT2D eigenvalue weighted by Gasteiger charge is 2.15. The van der Waals surface area contributed by atoms with E-state index in [-0.39, 0.29) is 5.91 Å². The molecule has 1 aromatic heterocycles. The molecule has 0 unspecified atom stereocenters. The Morgan fingerprint density at radius 3 is 2.30 bits per heavy atom. The minimum atomic E-state index is -0.403. The summed E-state index contributed by atoms with van der Waals surface area (Å²) >= 11 is 5.99. The Morgan fingerprint density at radius 2 is 1.67 bits per heavy atom. The molecular weight excluding hydrogens is 405 g/mol. The minimum Gasteiger partial charge on any atom is -0.497 e. The SMILES string of the molecule is COc1ccc(-n2nc(-c3ccc(Cl)cc3)cc2NC(=O)c2ccc(F)cc2)cc1. The lowest BCUT2D eigenvalue weighted by atomic mass is 10.1. The maximum atomic E-state index is 13.2. The number of carbonyl (C=O) groups is 1. The summed E-state index contributed by atoms with van der Waals surface area (Å²) in [6.45, 7) is 0. The van der Waals surface area contributed by atoms with Gasteiger partial charge in [0.05, 0.1) is 18.5 Å². The summed E-state index contributed by atoms with van der Waals surface area (Å²) in [5, 5.41) is 8.13. The summed E-state index contributed by atoms with van der Waals surface area (Å²) in [5.41, 5.74) is 2.60. The molecule has 4 aromatic rings. The number of ether oxygens (including phenoxy) is 1. The fraction of sp³-hybridized carbons (Fsp3) is 0.0435. The molecule has 30 heavy (non-hydrogen) atoms. The molecule has 0 fully saturated rings. The molecule has 0 saturated carbocycles. The number of benzene rings is 3. The van der Waals surface area contributed by atoms with Crippen LogP contribution in [0.4, 0.5) is 10.2 Å². The molecule has 0 saturated heterocycles. The lowest BCUT2D eigenvalue weighted by Gasteiger charge is -2.09. The lowest BCUT2D eigenvalue weighted by molar-refractivity contribution is 0.102.